The fourth-order valence-corrected chi connectivity index (χ4v) is 2.03. The summed E-state index contributed by atoms with van der Waals surface area (Å²) in [5.74, 6) is 1.46. The number of benzene rings is 2. The molecule has 0 aliphatic rings. The lowest BCUT2D eigenvalue weighted by Crippen LogP contribution is -1.95. The molecule has 0 aliphatic heterocycles. The molecule has 3 nitrogen and oxygen atoms in total. The molecule has 0 spiro atoms. The highest BCUT2D eigenvalue weighted by Gasteiger charge is 2.01. The summed E-state index contributed by atoms with van der Waals surface area (Å²) in [6.45, 7) is 0.565. The summed E-state index contributed by atoms with van der Waals surface area (Å²) in [6, 6.07) is 19.8. The van der Waals surface area contributed by atoms with E-state index in [4.69, 9.17) is 9.47 Å². The topological polar surface area (TPSA) is 31.4 Å². The van der Waals surface area contributed by atoms with Gasteiger partial charge < -0.3 is 9.47 Å². The second-order valence-electron chi connectivity index (χ2n) is 4.48. The van der Waals surface area contributed by atoms with Crippen molar-refractivity contribution in [3.8, 4) is 11.6 Å². The van der Waals surface area contributed by atoms with Gasteiger partial charge in [-0.25, -0.2) is 4.98 Å². The number of ether oxygens (including phenoxy) is 2. The van der Waals surface area contributed by atoms with Crippen LogP contribution in [0.2, 0.25) is 0 Å². The summed E-state index contributed by atoms with van der Waals surface area (Å²) < 4.78 is 10.9. The van der Waals surface area contributed by atoms with Gasteiger partial charge in [-0.15, -0.1) is 0 Å². The van der Waals surface area contributed by atoms with Crippen molar-refractivity contribution >= 4 is 10.9 Å². The third-order valence-electron chi connectivity index (χ3n) is 3.09. The van der Waals surface area contributed by atoms with E-state index in [1.54, 1.807) is 7.11 Å². The number of rotatable bonds is 4. The van der Waals surface area contributed by atoms with Crippen LogP contribution in [0.4, 0.5) is 0 Å². The molecule has 0 amide bonds. The number of fused-ring (bicyclic) bond motifs is 1. The van der Waals surface area contributed by atoms with Gasteiger partial charge >= 0.3 is 0 Å². The predicted molar refractivity (Wildman–Crippen MR) is 79.1 cm³/mol. The second-order valence-corrected chi connectivity index (χ2v) is 4.48. The molecule has 1 aromatic heterocycles. The summed E-state index contributed by atoms with van der Waals surface area (Å²) in [7, 11) is 1.62. The Morgan fingerprint density at radius 1 is 0.950 bits per heavy atom. The van der Waals surface area contributed by atoms with Crippen LogP contribution < -0.4 is 9.47 Å². The predicted octanol–water partition coefficient (Wildman–Crippen LogP) is 3.82. The Morgan fingerprint density at radius 2 is 1.80 bits per heavy atom. The number of nitrogens with zero attached hydrogens (tertiary/aromatic N) is 1. The van der Waals surface area contributed by atoms with Crippen LogP contribution in [0.25, 0.3) is 10.9 Å². The van der Waals surface area contributed by atoms with E-state index >= 15 is 0 Å². The number of aromatic nitrogens is 1. The Labute approximate surface area is 117 Å². The maximum atomic E-state index is 5.80. The molecule has 0 bridgehead atoms. The number of methoxy groups -OCH3 is 1. The molecule has 0 saturated heterocycles. The monoisotopic (exact) mass is 265 g/mol. The van der Waals surface area contributed by atoms with Crippen molar-refractivity contribution in [3.63, 3.8) is 0 Å². The fraction of sp³-hybridized carbons (Fsp3) is 0.118. The molecular formula is C17H15NO2. The van der Waals surface area contributed by atoms with Crippen molar-refractivity contribution in [3.05, 3.63) is 66.2 Å². The highest BCUT2D eigenvalue weighted by Crippen LogP contribution is 2.22. The minimum absolute atomic E-state index is 0.565. The van der Waals surface area contributed by atoms with Gasteiger partial charge in [-0.3, -0.25) is 0 Å². The van der Waals surface area contributed by atoms with Crippen LogP contribution in [0.15, 0.2) is 60.7 Å². The Balaban J connectivity index is 1.79. The molecule has 20 heavy (non-hydrogen) atoms. The molecule has 3 aromatic rings. The summed E-state index contributed by atoms with van der Waals surface area (Å²) >= 11 is 0. The van der Waals surface area contributed by atoms with Crippen LogP contribution in [0.1, 0.15) is 5.56 Å². The largest absolute Gasteiger partial charge is 0.489 e. The first kappa shape index (κ1) is 12.5. The first-order chi connectivity index (χ1) is 9.85. The maximum absolute atomic E-state index is 5.80. The molecule has 0 N–H and O–H groups in total. The lowest BCUT2D eigenvalue weighted by atomic mass is 10.2. The highest BCUT2D eigenvalue weighted by atomic mass is 16.5. The number of hydrogen-bond donors (Lipinski definition) is 0. The Kier molecular flexibility index (Phi) is 3.50. The summed E-state index contributed by atoms with van der Waals surface area (Å²) in [5, 5.41) is 1.04. The van der Waals surface area contributed by atoms with E-state index in [2.05, 4.69) is 4.98 Å². The highest BCUT2D eigenvalue weighted by molar-refractivity contribution is 5.80. The third kappa shape index (κ3) is 2.72. The van der Waals surface area contributed by atoms with E-state index in [-0.39, 0.29) is 0 Å². The SMILES string of the molecule is COc1ccc2cc(OCc3ccccc3)ccc2n1. The molecule has 1 heterocycles. The molecule has 0 radical (unpaired) electrons. The van der Waals surface area contributed by atoms with Gasteiger partial charge in [0.2, 0.25) is 5.88 Å². The van der Waals surface area contributed by atoms with Crippen molar-refractivity contribution in [2.24, 2.45) is 0 Å². The first-order valence-corrected chi connectivity index (χ1v) is 6.47. The average molecular weight is 265 g/mol. The van der Waals surface area contributed by atoms with Gasteiger partial charge in [0, 0.05) is 11.5 Å². The molecule has 100 valence electrons. The molecule has 0 aliphatic carbocycles. The second kappa shape index (κ2) is 5.61. The van der Waals surface area contributed by atoms with Gasteiger partial charge in [-0.05, 0) is 29.8 Å². The smallest absolute Gasteiger partial charge is 0.213 e. The van der Waals surface area contributed by atoms with Gasteiger partial charge in [0.1, 0.15) is 12.4 Å². The zero-order valence-electron chi connectivity index (χ0n) is 11.2. The molecule has 3 rings (SSSR count). The molecule has 0 saturated carbocycles. The van der Waals surface area contributed by atoms with E-state index < -0.39 is 0 Å². The van der Waals surface area contributed by atoms with Crippen molar-refractivity contribution < 1.29 is 9.47 Å². The van der Waals surface area contributed by atoms with Crippen molar-refractivity contribution in [2.75, 3.05) is 7.11 Å². The van der Waals surface area contributed by atoms with Crippen LogP contribution in [0.3, 0.4) is 0 Å². The third-order valence-corrected chi connectivity index (χ3v) is 3.09. The molecular weight excluding hydrogens is 250 g/mol. The average Bonchev–Trinajstić information content (AvgIpc) is 2.53. The van der Waals surface area contributed by atoms with E-state index in [0.717, 1.165) is 22.2 Å². The lowest BCUT2D eigenvalue weighted by molar-refractivity contribution is 0.306. The molecule has 0 atom stereocenters. The minimum Gasteiger partial charge on any atom is -0.489 e. The Bertz CT molecular complexity index is 711. The van der Waals surface area contributed by atoms with E-state index in [1.165, 1.54) is 0 Å². The normalized spacial score (nSPS) is 10.4. The Morgan fingerprint density at radius 3 is 2.60 bits per heavy atom. The van der Waals surface area contributed by atoms with E-state index in [1.807, 2.05) is 60.7 Å². The van der Waals surface area contributed by atoms with Crippen LogP contribution in [-0.2, 0) is 6.61 Å². The van der Waals surface area contributed by atoms with Gasteiger partial charge in [-0.1, -0.05) is 30.3 Å². The van der Waals surface area contributed by atoms with E-state index in [0.29, 0.717) is 12.5 Å². The quantitative estimate of drug-likeness (QED) is 0.718. The Hall–Kier alpha value is -2.55. The fourth-order valence-electron chi connectivity index (χ4n) is 2.03. The van der Waals surface area contributed by atoms with Gasteiger partial charge in [0.05, 0.1) is 12.6 Å². The minimum atomic E-state index is 0.565. The zero-order valence-corrected chi connectivity index (χ0v) is 11.2. The van der Waals surface area contributed by atoms with Crippen molar-refractivity contribution in [1.29, 1.82) is 0 Å². The van der Waals surface area contributed by atoms with Crippen LogP contribution in [0.5, 0.6) is 11.6 Å². The molecule has 2 aromatic carbocycles. The summed E-state index contributed by atoms with van der Waals surface area (Å²) in [4.78, 5) is 4.38. The van der Waals surface area contributed by atoms with Crippen LogP contribution in [-0.4, -0.2) is 12.1 Å². The molecule has 3 heteroatoms. The standard InChI is InChI=1S/C17H15NO2/c1-19-17-10-7-14-11-15(8-9-16(14)18-17)20-12-13-5-3-2-4-6-13/h2-11H,12H2,1H3. The van der Waals surface area contributed by atoms with Crippen LogP contribution >= 0.6 is 0 Å². The van der Waals surface area contributed by atoms with Crippen LogP contribution in [0, 0.1) is 0 Å². The number of pyridine rings is 1. The maximum Gasteiger partial charge on any atom is 0.213 e. The van der Waals surface area contributed by atoms with Gasteiger partial charge in [0.25, 0.3) is 0 Å². The zero-order chi connectivity index (χ0) is 13.8. The molecule has 0 fully saturated rings. The van der Waals surface area contributed by atoms with Crippen molar-refractivity contribution in [1.82, 2.24) is 4.98 Å². The van der Waals surface area contributed by atoms with Gasteiger partial charge in [0.15, 0.2) is 0 Å². The molecule has 0 unspecified atom stereocenters. The van der Waals surface area contributed by atoms with E-state index in [9.17, 15) is 0 Å². The van der Waals surface area contributed by atoms with Crippen molar-refractivity contribution in [2.45, 2.75) is 6.61 Å². The number of hydrogen-bond acceptors (Lipinski definition) is 3. The summed E-state index contributed by atoms with van der Waals surface area (Å²) in [5.41, 5.74) is 2.05. The van der Waals surface area contributed by atoms with Gasteiger partial charge in [-0.2, -0.15) is 0 Å². The first-order valence-electron chi connectivity index (χ1n) is 6.47. The lowest BCUT2D eigenvalue weighted by Gasteiger charge is -2.07. The summed E-state index contributed by atoms with van der Waals surface area (Å²) in [6.07, 6.45) is 0.